The van der Waals surface area contributed by atoms with E-state index in [-0.39, 0.29) is 11.4 Å². The summed E-state index contributed by atoms with van der Waals surface area (Å²) in [5.41, 5.74) is 0.332. The van der Waals surface area contributed by atoms with Crippen LogP contribution in [0.5, 0.6) is 0 Å². The predicted molar refractivity (Wildman–Crippen MR) is 84.5 cm³/mol. The number of hydrogen-bond acceptors (Lipinski definition) is 4. The largest absolute Gasteiger partial charge is 0.370 e. The maximum Gasteiger partial charge on any atom is 0.274 e. The average Bonchev–Trinajstić information content (AvgIpc) is 2.49. The molecule has 2 N–H and O–H groups in total. The molecule has 1 amide bonds. The van der Waals surface area contributed by atoms with E-state index in [9.17, 15) is 9.18 Å². The van der Waals surface area contributed by atoms with Gasteiger partial charge in [0.2, 0.25) is 0 Å². The molecule has 2 rings (SSSR count). The van der Waals surface area contributed by atoms with Gasteiger partial charge in [-0.3, -0.25) is 4.79 Å². The number of nitrogens with zero attached hydrogens (tertiary/aromatic N) is 2. The first-order valence-electron chi connectivity index (χ1n) is 7.25. The normalized spacial score (nSPS) is 10.3. The van der Waals surface area contributed by atoms with Crippen LogP contribution in [0.15, 0.2) is 30.3 Å². The molecule has 0 atom stereocenters. The highest BCUT2D eigenvalue weighted by Crippen LogP contribution is 2.14. The maximum atomic E-state index is 13.6. The zero-order valence-electron chi connectivity index (χ0n) is 12.7. The number of anilines is 2. The highest BCUT2D eigenvalue weighted by molar-refractivity contribution is 6.03. The van der Waals surface area contributed by atoms with E-state index in [0.29, 0.717) is 11.6 Å². The molecule has 0 unspecified atom stereocenters. The molecule has 116 valence electrons. The van der Waals surface area contributed by atoms with Crippen molar-refractivity contribution in [1.29, 1.82) is 0 Å². The number of amides is 1. The van der Waals surface area contributed by atoms with Gasteiger partial charge >= 0.3 is 0 Å². The van der Waals surface area contributed by atoms with Gasteiger partial charge in [0.05, 0.1) is 5.69 Å². The van der Waals surface area contributed by atoms with Crippen LogP contribution in [-0.4, -0.2) is 22.4 Å². The lowest BCUT2D eigenvalue weighted by molar-refractivity contribution is 0.102. The summed E-state index contributed by atoms with van der Waals surface area (Å²) in [6, 6.07) is 7.58. The standard InChI is InChI=1S/C16H19FN4O/c1-3-4-9-18-15-10-14(19-11(2)20-15)16(22)21-13-8-6-5-7-12(13)17/h5-8,10H,3-4,9H2,1-2H3,(H,21,22)(H,18,19,20). The number of rotatable bonds is 6. The van der Waals surface area contributed by atoms with Crippen molar-refractivity contribution in [3.05, 3.63) is 47.7 Å². The molecule has 0 aliphatic heterocycles. The smallest absolute Gasteiger partial charge is 0.274 e. The number of unbranched alkanes of at least 4 members (excludes halogenated alkanes) is 1. The Hall–Kier alpha value is -2.50. The summed E-state index contributed by atoms with van der Waals surface area (Å²) < 4.78 is 13.6. The van der Waals surface area contributed by atoms with Gasteiger partial charge in [-0.2, -0.15) is 0 Å². The number of carbonyl (C=O) groups is 1. The lowest BCUT2D eigenvalue weighted by Crippen LogP contribution is -2.16. The van der Waals surface area contributed by atoms with E-state index in [0.717, 1.165) is 19.4 Å². The molecule has 1 aromatic carbocycles. The van der Waals surface area contributed by atoms with E-state index in [1.54, 1.807) is 25.1 Å². The fourth-order valence-corrected chi connectivity index (χ4v) is 1.92. The highest BCUT2D eigenvalue weighted by atomic mass is 19.1. The predicted octanol–water partition coefficient (Wildman–Crippen LogP) is 3.39. The second-order valence-corrected chi connectivity index (χ2v) is 4.90. The van der Waals surface area contributed by atoms with Gasteiger partial charge in [-0.05, 0) is 25.5 Å². The first kappa shape index (κ1) is 15.9. The second kappa shape index (κ2) is 7.49. The minimum absolute atomic E-state index is 0.129. The van der Waals surface area contributed by atoms with E-state index < -0.39 is 11.7 Å². The Morgan fingerprint density at radius 2 is 2.05 bits per heavy atom. The van der Waals surface area contributed by atoms with Gasteiger partial charge in [0, 0.05) is 12.6 Å². The van der Waals surface area contributed by atoms with Crippen LogP contribution in [0, 0.1) is 12.7 Å². The first-order valence-corrected chi connectivity index (χ1v) is 7.25. The van der Waals surface area contributed by atoms with E-state index in [2.05, 4.69) is 27.5 Å². The molecule has 6 heteroatoms. The Labute approximate surface area is 129 Å². The van der Waals surface area contributed by atoms with Gasteiger partial charge in [0.15, 0.2) is 0 Å². The Bertz CT molecular complexity index is 660. The fourth-order valence-electron chi connectivity index (χ4n) is 1.92. The molecule has 2 aromatic rings. The molecular weight excluding hydrogens is 283 g/mol. The van der Waals surface area contributed by atoms with Crippen molar-refractivity contribution in [3.63, 3.8) is 0 Å². The molecule has 5 nitrogen and oxygen atoms in total. The topological polar surface area (TPSA) is 66.9 Å². The summed E-state index contributed by atoms with van der Waals surface area (Å²) in [7, 11) is 0. The van der Waals surface area contributed by atoms with Crippen molar-refractivity contribution in [2.45, 2.75) is 26.7 Å². The van der Waals surface area contributed by atoms with Crippen molar-refractivity contribution < 1.29 is 9.18 Å². The molecule has 0 aliphatic rings. The summed E-state index contributed by atoms with van der Waals surface area (Å²) in [4.78, 5) is 20.5. The van der Waals surface area contributed by atoms with E-state index >= 15 is 0 Å². The molecule has 0 spiro atoms. The number of halogens is 1. The summed E-state index contributed by atoms with van der Waals surface area (Å²) in [5, 5.41) is 5.67. The fraction of sp³-hybridized carbons (Fsp3) is 0.312. The molecule has 0 radical (unpaired) electrons. The number of aryl methyl sites for hydroxylation is 1. The van der Waals surface area contributed by atoms with Crippen molar-refractivity contribution in [2.24, 2.45) is 0 Å². The number of benzene rings is 1. The Morgan fingerprint density at radius 3 is 2.77 bits per heavy atom. The monoisotopic (exact) mass is 302 g/mol. The van der Waals surface area contributed by atoms with Crippen molar-refractivity contribution in [2.75, 3.05) is 17.2 Å². The molecule has 0 fully saturated rings. The lowest BCUT2D eigenvalue weighted by atomic mass is 10.3. The van der Waals surface area contributed by atoms with E-state index in [1.807, 2.05) is 0 Å². The summed E-state index contributed by atoms with van der Waals surface area (Å²) in [5.74, 6) is 0.136. The number of carbonyl (C=O) groups excluding carboxylic acids is 1. The average molecular weight is 302 g/mol. The van der Waals surface area contributed by atoms with Crippen LogP contribution in [0.1, 0.15) is 36.1 Å². The SMILES string of the molecule is CCCCNc1cc(C(=O)Nc2ccccc2F)nc(C)n1. The highest BCUT2D eigenvalue weighted by Gasteiger charge is 2.12. The number of nitrogens with one attached hydrogen (secondary N) is 2. The minimum atomic E-state index is -0.483. The molecule has 0 saturated carbocycles. The minimum Gasteiger partial charge on any atom is -0.370 e. The molecule has 1 heterocycles. The van der Waals surface area contributed by atoms with Crippen LogP contribution in [0.3, 0.4) is 0 Å². The van der Waals surface area contributed by atoms with Gasteiger partial charge in [-0.15, -0.1) is 0 Å². The zero-order chi connectivity index (χ0) is 15.9. The lowest BCUT2D eigenvalue weighted by Gasteiger charge is -2.09. The van der Waals surface area contributed by atoms with Gasteiger partial charge < -0.3 is 10.6 Å². The summed E-state index contributed by atoms with van der Waals surface area (Å²) in [6.45, 7) is 4.59. The van der Waals surface area contributed by atoms with Gasteiger partial charge in [0.1, 0.15) is 23.2 Å². The Morgan fingerprint density at radius 1 is 1.27 bits per heavy atom. The third-order valence-electron chi connectivity index (χ3n) is 3.03. The summed E-state index contributed by atoms with van der Waals surface area (Å²) in [6.07, 6.45) is 2.08. The molecule has 22 heavy (non-hydrogen) atoms. The van der Waals surface area contributed by atoms with E-state index in [1.165, 1.54) is 12.1 Å². The van der Waals surface area contributed by atoms with Crippen LogP contribution < -0.4 is 10.6 Å². The Kier molecular flexibility index (Phi) is 5.41. The zero-order valence-corrected chi connectivity index (χ0v) is 12.7. The van der Waals surface area contributed by atoms with Crippen LogP contribution >= 0.6 is 0 Å². The van der Waals surface area contributed by atoms with Crippen LogP contribution in [0.2, 0.25) is 0 Å². The van der Waals surface area contributed by atoms with E-state index in [4.69, 9.17) is 0 Å². The molecule has 0 saturated heterocycles. The van der Waals surface area contributed by atoms with Crippen LogP contribution in [0.25, 0.3) is 0 Å². The second-order valence-electron chi connectivity index (χ2n) is 4.90. The molecule has 1 aromatic heterocycles. The number of para-hydroxylation sites is 1. The van der Waals surface area contributed by atoms with Gasteiger partial charge in [-0.25, -0.2) is 14.4 Å². The van der Waals surface area contributed by atoms with Crippen molar-refractivity contribution >= 4 is 17.4 Å². The van der Waals surface area contributed by atoms with Gasteiger partial charge in [-0.1, -0.05) is 25.5 Å². The van der Waals surface area contributed by atoms with Crippen LogP contribution in [-0.2, 0) is 0 Å². The number of aromatic nitrogens is 2. The molecule has 0 bridgehead atoms. The first-order chi connectivity index (χ1) is 10.6. The molecule has 0 aliphatic carbocycles. The van der Waals surface area contributed by atoms with Crippen molar-refractivity contribution in [3.8, 4) is 0 Å². The maximum absolute atomic E-state index is 13.6. The third-order valence-corrected chi connectivity index (χ3v) is 3.03. The molecular formula is C16H19FN4O. The third kappa shape index (κ3) is 4.25. The van der Waals surface area contributed by atoms with Crippen molar-refractivity contribution in [1.82, 2.24) is 9.97 Å². The van der Waals surface area contributed by atoms with Gasteiger partial charge in [0.25, 0.3) is 5.91 Å². The quantitative estimate of drug-likeness (QED) is 0.803. The number of hydrogen-bond donors (Lipinski definition) is 2. The Balaban J connectivity index is 2.13. The summed E-state index contributed by atoms with van der Waals surface area (Å²) >= 11 is 0. The van der Waals surface area contributed by atoms with Crippen LogP contribution in [0.4, 0.5) is 15.9 Å².